The van der Waals surface area contributed by atoms with Crippen LogP contribution in [0.2, 0.25) is 0 Å². The maximum atomic E-state index is 9.15. The van der Waals surface area contributed by atoms with Gasteiger partial charge in [0, 0.05) is 19.0 Å². The summed E-state index contributed by atoms with van der Waals surface area (Å²) < 4.78 is 7.24. The van der Waals surface area contributed by atoms with Crippen LogP contribution in [0.25, 0.3) is 11.0 Å². The lowest BCUT2D eigenvalue weighted by molar-refractivity contribution is 0.276. The highest BCUT2D eigenvalue weighted by Crippen LogP contribution is 2.22. The molecule has 0 radical (unpaired) electrons. The molecule has 0 unspecified atom stereocenters. The molecule has 0 spiro atoms. The van der Waals surface area contributed by atoms with Gasteiger partial charge in [-0.3, -0.25) is 0 Å². The topological polar surface area (TPSA) is 73.3 Å². The molecule has 1 aromatic carbocycles. The third kappa shape index (κ3) is 2.47. The fraction of sp³-hybridized carbons (Fsp3) is 0.462. The van der Waals surface area contributed by atoms with E-state index in [0.29, 0.717) is 13.1 Å². The number of fused-ring (bicyclic) bond motifs is 1. The second-order valence-electron chi connectivity index (χ2n) is 4.15. The van der Waals surface area contributed by atoms with E-state index in [1.54, 1.807) is 7.11 Å². The van der Waals surface area contributed by atoms with Gasteiger partial charge < -0.3 is 20.1 Å². The number of hydrogen-bond donors (Lipinski definition) is 2. The first-order chi connectivity index (χ1) is 8.80. The minimum Gasteiger partial charge on any atom is -0.497 e. The first-order valence-electron chi connectivity index (χ1n) is 6.14. The Bertz CT molecular complexity index is 522. The molecule has 0 saturated heterocycles. The summed E-state index contributed by atoms with van der Waals surface area (Å²) in [7, 11) is 1.64. The first-order valence-corrected chi connectivity index (χ1v) is 6.14. The molecule has 0 saturated carbocycles. The molecule has 0 aliphatic rings. The van der Waals surface area contributed by atoms with Crippen molar-refractivity contribution in [3.63, 3.8) is 0 Å². The molecule has 2 aromatic rings. The number of aryl methyl sites for hydroxylation is 1. The van der Waals surface area contributed by atoms with Gasteiger partial charge in [0.2, 0.25) is 0 Å². The van der Waals surface area contributed by atoms with Crippen LogP contribution in [-0.2, 0) is 13.0 Å². The van der Waals surface area contributed by atoms with Crippen LogP contribution in [0, 0.1) is 0 Å². The summed E-state index contributed by atoms with van der Waals surface area (Å²) in [6, 6.07) is 5.79. The fourth-order valence-corrected chi connectivity index (χ4v) is 2.09. The molecule has 1 heterocycles. The highest BCUT2D eigenvalue weighted by Gasteiger charge is 2.10. The number of aliphatic hydroxyl groups is 1. The van der Waals surface area contributed by atoms with Crippen molar-refractivity contribution in [3.8, 4) is 5.75 Å². The summed E-state index contributed by atoms with van der Waals surface area (Å²) in [5.41, 5.74) is 7.46. The standard InChI is InChI=1S/C13H19N3O2/c1-18-10-4-5-12-11(9-10)15-13(3-2-6-14)16(12)7-8-17/h4-5,9,17H,2-3,6-8,14H2,1H3. The van der Waals surface area contributed by atoms with E-state index in [2.05, 4.69) is 4.98 Å². The minimum atomic E-state index is 0.104. The van der Waals surface area contributed by atoms with Gasteiger partial charge in [-0.05, 0) is 25.1 Å². The summed E-state index contributed by atoms with van der Waals surface area (Å²) in [4.78, 5) is 4.59. The summed E-state index contributed by atoms with van der Waals surface area (Å²) in [5.74, 6) is 1.76. The predicted octanol–water partition coefficient (Wildman–Crippen LogP) is 0.928. The molecule has 18 heavy (non-hydrogen) atoms. The Hall–Kier alpha value is -1.59. The normalized spacial score (nSPS) is 11.1. The average molecular weight is 249 g/mol. The molecule has 3 N–H and O–H groups in total. The molecule has 5 nitrogen and oxygen atoms in total. The summed E-state index contributed by atoms with van der Waals surface area (Å²) >= 11 is 0. The van der Waals surface area contributed by atoms with Crippen LogP contribution in [-0.4, -0.2) is 34.9 Å². The van der Waals surface area contributed by atoms with E-state index in [4.69, 9.17) is 15.6 Å². The van der Waals surface area contributed by atoms with Crippen LogP contribution in [0.1, 0.15) is 12.2 Å². The predicted molar refractivity (Wildman–Crippen MR) is 70.7 cm³/mol. The number of nitrogens with zero attached hydrogens (tertiary/aromatic N) is 2. The summed E-state index contributed by atoms with van der Waals surface area (Å²) in [6.45, 7) is 1.31. The van der Waals surface area contributed by atoms with E-state index < -0.39 is 0 Å². The lowest BCUT2D eigenvalue weighted by Crippen LogP contribution is -2.09. The maximum Gasteiger partial charge on any atom is 0.121 e. The largest absolute Gasteiger partial charge is 0.497 e. The fourth-order valence-electron chi connectivity index (χ4n) is 2.09. The molecule has 5 heteroatoms. The van der Waals surface area contributed by atoms with E-state index in [0.717, 1.165) is 35.4 Å². The molecule has 1 aromatic heterocycles. The number of methoxy groups -OCH3 is 1. The van der Waals surface area contributed by atoms with Gasteiger partial charge in [-0.25, -0.2) is 4.98 Å². The zero-order valence-electron chi connectivity index (χ0n) is 10.6. The van der Waals surface area contributed by atoms with E-state index in [-0.39, 0.29) is 6.61 Å². The van der Waals surface area contributed by atoms with Crippen LogP contribution >= 0.6 is 0 Å². The zero-order chi connectivity index (χ0) is 13.0. The molecular formula is C13H19N3O2. The molecule has 0 atom stereocenters. The third-order valence-corrected chi connectivity index (χ3v) is 2.96. The smallest absolute Gasteiger partial charge is 0.121 e. The van der Waals surface area contributed by atoms with Crippen LogP contribution in [0.15, 0.2) is 18.2 Å². The van der Waals surface area contributed by atoms with E-state index in [1.807, 2.05) is 22.8 Å². The average Bonchev–Trinajstić information content (AvgIpc) is 2.74. The van der Waals surface area contributed by atoms with Crippen molar-refractivity contribution >= 4 is 11.0 Å². The highest BCUT2D eigenvalue weighted by molar-refractivity contribution is 5.77. The number of aromatic nitrogens is 2. The van der Waals surface area contributed by atoms with Gasteiger partial charge in [-0.15, -0.1) is 0 Å². The van der Waals surface area contributed by atoms with E-state index >= 15 is 0 Å². The monoisotopic (exact) mass is 249 g/mol. The highest BCUT2D eigenvalue weighted by atomic mass is 16.5. The van der Waals surface area contributed by atoms with Gasteiger partial charge in [0.15, 0.2) is 0 Å². The Kier molecular flexibility index (Phi) is 4.17. The Morgan fingerprint density at radius 1 is 1.44 bits per heavy atom. The molecule has 0 aliphatic heterocycles. The number of rotatable bonds is 6. The SMILES string of the molecule is COc1ccc2c(c1)nc(CCCN)n2CCO. The molecule has 0 bridgehead atoms. The molecule has 0 aliphatic carbocycles. The summed E-state index contributed by atoms with van der Waals surface area (Å²) in [5, 5.41) is 9.15. The van der Waals surface area contributed by atoms with Gasteiger partial charge in [0.1, 0.15) is 11.6 Å². The number of benzene rings is 1. The quantitative estimate of drug-likeness (QED) is 0.798. The van der Waals surface area contributed by atoms with Crippen LogP contribution in [0.3, 0.4) is 0 Å². The van der Waals surface area contributed by atoms with Gasteiger partial charge in [0.05, 0.1) is 24.8 Å². The second kappa shape index (κ2) is 5.84. The van der Waals surface area contributed by atoms with Crippen LogP contribution in [0.5, 0.6) is 5.75 Å². The number of nitrogens with two attached hydrogens (primary N) is 1. The Morgan fingerprint density at radius 3 is 2.94 bits per heavy atom. The molecule has 98 valence electrons. The van der Waals surface area contributed by atoms with Crippen LogP contribution < -0.4 is 10.5 Å². The van der Waals surface area contributed by atoms with Crippen molar-refractivity contribution < 1.29 is 9.84 Å². The Labute approximate surface area is 106 Å². The molecular weight excluding hydrogens is 230 g/mol. The maximum absolute atomic E-state index is 9.15. The van der Waals surface area contributed by atoms with E-state index in [1.165, 1.54) is 0 Å². The third-order valence-electron chi connectivity index (χ3n) is 2.96. The second-order valence-corrected chi connectivity index (χ2v) is 4.15. The Morgan fingerprint density at radius 2 is 2.28 bits per heavy atom. The van der Waals surface area contributed by atoms with Gasteiger partial charge in [-0.1, -0.05) is 0 Å². The van der Waals surface area contributed by atoms with Crippen molar-refractivity contribution in [2.24, 2.45) is 5.73 Å². The van der Waals surface area contributed by atoms with Gasteiger partial charge in [-0.2, -0.15) is 0 Å². The first kappa shape index (κ1) is 12.9. The van der Waals surface area contributed by atoms with Crippen molar-refractivity contribution in [3.05, 3.63) is 24.0 Å². The zero-order valence-corrected chi connectivity index (χ0v) is 10.6. The number of aliphatic hydroxyl groups excluding tert-OH is 1. The molecule has 0 fully saturated rings. The minimum absolute atomic E-state index is 0.104. The van der Waals surface area contributed by atoms with Crippen molar-refractivity contribution in [2.75, 3.05) is 20.3 Å². The summed E-state index contributed by atoms with van der Waals surface area (Å²) in [6.07, 6.45) is 1.72. The van der Waals surface area contributed by atoms with Crippen molar-refractivity contribution in [2.45, 2.75) is 19.4 Å². The van der Waals surface area contributed by atoms with Crippen LogP contribution in [0.4, 0.5) is 0 Å². The number of imidazole rings is 1. The molecule has 0 amide bonds. The molecule has 2 rings (SSSR count). The van der Waals surface area contributed by atoms with Gasteiger partial charge >= 0.3 is 0 Å². The lowest BCUT2D eigenvalue weighted by Gasteiger charge is -2.06. The number of hydrogen-bond acceptors (Lipinski definition) is 4. The Balaban J connectivity index is 2.44. The van der Waals surface area contributed by atoms with E-state index in [9.17, 15) is 0 Å². The number of ether oxygens (including phenoxy) is 1. The lowest BCUT2D eigenvalue weighted by atomic mass is 10.3. The van der Waals surface area contributed by atoms with Crippen molar-refractivity contribution in [1.29, 1.82) is 0 Å². The van der Waals surface area contributed by atoms with Gasteiger partial charge in [0.25, 0.3) is 0 Å². The van der Waals surface area contributed by atoms with Crippen molar-refractivity contribution in [1.82, 2.24) is 9.55 Å².